The fourth-order valence-electron chi connectivity index (χ4n) is 2.52. The third kappa shape index (κ3) is 3.46. The molecule has 0 radical (unpaired) electrons. The number of nitrogens with one attached hydrogen (secondary N) is 1. The molecule has 0 spiro atoms. The summed E-state index contributed by atoms with van der Waals surface area (Å²) < 4.78 is 27.5. The van der Waals surface area contributed by atoms with Crippen LogP contribution in [-0.4, -0.2) is 39.5 Å². The molecule has 0 aliphatic carbocycles. The number of rotatable bonds is 3. The normalized spacial score (nSPS) is 21.5. The molecule has 1 aliphatic heterocycles. The second kappa shape index (κ2) is 5.48. The van der Waals surface area contributed by atoms with Gasteiger partial charge in [-0.15, -0.1) is 0 Å². The van der Waals surface area contributed by atoms with Crippen LogP contribution >= 0.6 is 0 Å². The van der Waals surface area contributed by atoms with E-state index in [2.05, 4.69) is 9.62 Å². The van der Waals surface area contributed by atoms with Gasteiger partial charge in [0, 0.05) is 18.3 Å². The van der Waals surface area contributed by atoms with Crippen LogP contribution in [0, 0.1) is 6.92 Å². The number of likely N-dealkylation sites (tertiary alicyclic amines) is 1. The third-order valence-corrected chi connectivity index (χ3v) is 5.12. The van der Waals surface area contributed by atoms with Gasteiger partial charge in [0.05, 0.1) is 4.90 Å². The summed E-state index contributed by atoms with van der Waals surface area (Å²) in [5, 5.41) is 0. The van der Waals surface area contributed by atoms with E-state index < -0.39 is 10.0 Å². The molecule has 1 atom stereocenters. The molecule has 19 heavy (non-hydrogen) atoms. The molecule has 1 heterocycles. The Bertz CT molecular complexity index is 557. The molecule has 3 N–H and O–H groups in total. The number of piperidine rings is 1. The average Bonchev–Trinajstić information content (AvgIpc) is 2.27. The zero-order valence-corrected chi connectivity index (χ0v) is 12.2. The van der Waals surface area contributed by atoms with Gasteiger partial charge in [-0.25, -0.2) is 13.1 Å². The lowest BCUT2D eigenvalue weighted by Gasteiger charge is -2.30. The number of nitrogens with zero attached hydrogens (tertiary/aromatic N) is 1. The first-order valence-corrected chi connectivity index (χ1v) is 7.94. The molecule has 1 aliphatic rings. The van der Waals surface area contributed by atoms with Crippen molar-refractivity contribution in [1.29, 1.82) is 0 Å². The number of anilines is 1. The highest BCUT2D eigenvalue weighted by molar-refractivity contribution is 7.89. The number of benzene rings is 1. The van der Waals surface area contributed by atoms with E-state index in [0.717, 1.165) is 25.9 Å². The second-order valence-corrected chi connectivity index (χ2v) is 6.93. The molecular weight excluding hydrogens is 262 g/mol. The molecule has 1 aromatic rings. The third-order valence-electron chi connectivity index (χ3n) is 3.43. The molecule has 0 aromatic heterocycles. The highest BCUT2D eigenvalue weighted by atomic mass is 32.2. The summed E-state index contributed by atoms with van der Waals surface area (Å²) in [5.41, 5.74) is 6.91. The molecule has 0 saturated carbocycles. The number of hydrogen-bond acceptors (Lipinski definition) is 4. The van der Waals surface area contributed by atoms with Crippen molar-refractivity contribution in [2.75, 3.05) is 25.9 Å². The van der Waals surface area contributed by atoms with Crippen molar-refractivity contribution >= 4 is 15.7 Å². The van der Waals surface area contributed by atoms with Crippen molar-refractivity contribution in [1.82, 2.24) is 9.62 Å². The maximum absolute atomic E-state index is 12.4. The molecule has 0 bridgehead atoms. The summed E-state index contributed by atoms with van der Waals surface area (Å²) in [6.07, 6.45) is 1.90. The van der Waals surface area contributed by atoms with E-state index >= 15 is 0 Å². The molecule has 0 amide bonds. The monoisotopic (exact) mass is 283 g/mol. The minimum Gasteiger partial charge on any atom is -0.399 e. The molecule has 1 unspecified atom stereocenters. The molecule has 106 valence electrons. The Morgan fingerprint density at radius 3 is 2.79 bits per heavy atom. The zero-order chi connectivity index (χ0) is 14.0. The predicted octanol–water partition coefficient (Wildman–Crippen LogP) is 0.950. The summed E-state index contributed by atoms with van der Waals surface area (Å²) in [6.45, 7) is 3.55. The van der Waals surface area contributed by atoms with Gasteiger partial charge >= 0.3 is 0 Å². The summed E-state index contributed by atoms with van der Waals surface area (Å²) in [4.78, 5) is 2.46. The smallest absolute Gasteiger partial charge is 0.241 e. The second-order valence-electron chi connectivity index (χ2n) is 5.25. The van der Waals surface area contributed by atoms with Crippen LogP contribution in [0.25, 0.3) is 0 Å². The standard InChI is InChI=1S/C13H21N3O2S/c1-10-8-11(14)5-6-13(10)19(17,18)15-12-4-3-7-16(2)9-12/h5-6,8,12,15H,3-4,7,9,14H2,1-2H3. The van der Waals surface area contributed by atoms with Gasteiger partial charge in [-0.1, -0.05) is 0 Å². The van der Waals surface area contributed by atoms with Crippen molar-refractivity contribution in [2.45, 2.75) is 30.7 Å². The SMILES string of the molecule is Cc1cc(N)ccc1S(=O)(=O)NC1CCCN(C)C1. The molecule has 1 aromatic carbocycles. The molecule has 6 heteroatoms. The summed E-state index contributed by atoms with van der Waals surface area (Å²) in [5.74, 6) is 0. The Labute approximate surface area is 114 Å². The minimum absolute atomic E-state index is 0.0132. The number of sulfonamides is 1. The van der Waals surface area contributed by atoms with Gasteiger partial charge in [-0.3, -0.25) is 0 Å². The van der Waals surface area contributed by atoms with Crippen molar-refractivity contribution in [3.63, 3.8) is 0 Å². The van der Waals surface area contributed by atoms with Crippen LogP contribution in [0.4, 0.5) is 5.69 Å². The molecule has 1 fully saturated rings. The van der Waals surface area contributed by atoms with Crippen LogP contribution in [0.3, 0.4) is 0 Å². The fourth-order valence-corrected chi connectivity index (χ4v) is 4.01. The van der Waals surface area contributed by atoms with Crippen molar-refractivity contribution in [2.24, 2.45) is 0 Å². The van der Waals surface area contributed by atoms with E-state index in [1.807, 2.05) is 7.05 Å². The largest absolute Gasteiger partial charge is 0.399 e. The number of aryl methyl sites for hydroxylation is 1. The first kappa shape index (κ1) is 14.3. The Morgan fingerprint density at radius 1 is 1.42 bits per heavy atom. The van der Waals surface area contributed by atoms with E-state index in [1.165, 1.54) is 0 Å². The highest BCUT2D eigenvalue weighted by Gasteiger charge is 2.24. The Kier molecular flexibility index (Phi) is 4.13. The van der Waals surface area contributed by atoms with Crippen molar-refractivity contribution in [3.05, 3.63) is 23.8 Å². The average molecular weight is 283 g/mol. The number of hydrogen-bond donors (Lipinski definition) is 2. The van der Waals surface area contributed by atoms with E-state index in [4.69, 9.17) is 5.73 Å². The first-order valence-electron chi connectivity index (χ1n) is 6.45. The van der Waals surface area contributed by atoms with E-state index in [1.54, 1.807) is 25.1 Å². The lowest BCUT2D eigenvalue weighted by molar-refractivity contribution is 0.242. The fraction of sp³-hybridized carbons (Fsp3) is 0.538. The molecule has 5 nitrogen and oxygen atoms in total. The topological polar surface area (TPSA) is 75.4 Å². The Hall–Kier alpha value is -1.11. The summed E-state index contributed by atoms with van der Waals surface area (Å²) in [7, 11) is -1.45. The van der Waals surface area contributed by atoms with Crippen LogP contribution in [0.2, 0.25) is 0 Å². The van der Waals surface area contributed by atoms with Crippen molar-refractivity contribution < 1.29 is 8.42 Å². The van der Waals surface area contributed by atoms with Crippen LogP contribution in [0.1, 0.15) is 18.4 Å². The zero-order valence-electron chi connectivity index (χ0n) is 11.4. The van der Waals surface area contributed by atoms with Crippen LogP contribution < -0.4 is 10.5 Å². The predicted molar refractivity (Wildman–Crippen MR) is 76.4 cm³/mol. The van der Waals surface area contributed by atoms with Gasteiger partial charge in [0.15, 0.2) is 0 Å². The van der Waals surface area contributed by atoms with E-state index in [0.29, 0.717) is 16.1 Å². The number of nitrogens with two attached hydrogens (primary N) is 1. The lowest BCUT2D eigenvalue weighted by atomic mass is 10.1. The molecule has 1 saturated heterocycles. The van der Waals surface area contributed by atoms with Gasteiger partial charge in [-0.05, 0) is 57.1 Å². The van der Waals surface area contributed by atoms with Crippen molar-refractivity contribution in [3.8, 4) is 0 Å². The van der Waals surface area contributed by atoms with Gasteiger partial charge < -0.3 is 10.6 Å². The van der Waals surface area contributed by atoms with E-state index in [9.17, 15) is 8.42 Å². The maximum Gasteiger partial charge on any atom is 0.241 e. The van der Waals surface area contributed by atoms with Crippen LogP contribution in [0.5, 0.6) is 0 Å². The van der Waals surface area contributed by atoms with E-state index in [-0.39, 0.29) is 6.04 Å². The number of nitrogen functional groups attached to an aromatic ring is 1. The molecule has 2 rings (SSSR count). The van der Waals surface area contributed by atoms with Gasteiger partial charge in [0.25, 0.3) is 0 Å². The summed E-state index contributed by atoms with van der Waals surface area (Å²) in [6, 6.07) is 4.86. The van der Waals surface area contributed by atoms with Gasteiger partial charge in [-0.2, -0.15) is 0 Å². The first-order chi connectivity index (χ1) is 8.88. The van der Waals surface area contributed by atoms with Crippen LogP contribution in [0.15, 0.2) is 23.1 Å². The minimum atomic E-state index is -3.46. The number of likely N-dealkylation sites (N-methyl/N-ethyl adjacent to an activating group) is 1. The lowest BCUT2D eigenvalue weighted by Crippen LogP contribution is -2.46. The summed E-state index contributed by atoms with van der Waals surface area (Å²) >= 11 is 0. The van der Waals surface area contributed by atoms with Gasteiger partial charge in [0.2, 0.25) is 10.0 Å². The molecular formula is C13H21N3O2S. The quantitative estimate of drug-likeness (QED) is 0.810. The Morgan fingerprint density at radius 2 is 2.16 bits per heavy atom. The van der Waals surface area contributed by atoms with Gasteiger partial charge in [0.1, 0.15) is 0 Å². The highest BCUT2D eigenvalue weighted by Crippen LogP contribution is 2.19. The maximum atomic E-state index is 12.4. The Balaban J connectivity index is 2.18. The van der Waals surface area contributed by atoms with Crippen LogP contribution in [-0.2, 0) is 10.0 Å².